The van der Waals surface area contributed by atoms with E-state index in [9.17, 15) is 0 Å². The Kier molecular flexibility index (Phi) is 3.31. The van der Waals surface area contributed by atoms with Gasteiger partial charge in [0, 0.05) is 38.1 Å². The average Bonchev–Trinajstić information content (AvgIpc) is 2.95. The van der Waals surface area contributed by atoms with Crippen molar-refractivity contribution in [2.45, 2.75) is 51.9 Å². The van der Waals surface area contributed by atoms with Gasteiger partial charge in [-0.15, -0.1) is 10.2 Å². The van der Waals surface area contributed by atoms with Crippen molar-refractivity contribution in [1.29, 1.82) is 0 Å². The molecular formula is C18H25N5O. The van der Waals surface area contributed by atoms with E-state index >= 15 is 0 Å². The van der Waals surface area contributed by atoms with Gasteiger partial charge in [0.2, 0.25) is 0 Å². The van der Waals surface area contributed by atoms with Gasteiger partial charge in [-0.25, -0.2) is 0 Å². The lowest BCUT2D eigenvalue weighted by atomic mass is 10.1. The van der Waals surface area contributed by atoms with Crippen molar-refractivity contribution in [1.82, 2.24) is 24.6 Å². The minimum absolute atomic E-state index is 0.647. The van der Waals surface area contributed by atoms with Crippen molar-refractivity contribution >= 4 is 0 Å². The van der Waals surface area contributed by atoms with Crippen LogP contribution in [0.3, 0.4) is 0 Å². The fourth-order valence-electron chi connectivity index (χ4n) is 4.15. The first-order chi connectivity index (χ1) is 11.7. The van der Waals surface area contributed by atoms with Crippen molar-refractivity contribution in [2.24, 2.45) is 5.92 Å². The molecule has 0 spiro atoms. The number of furan rings is 1. The zero-order valence-electron chi connectivity index (χ0n) is 14.5. The lowest BCUT2D eigenvalue weighted by molar-refractivity contribution is 0.00929. The molecule has 24 heavy (non-hydrogen) atoms. The first-order valence-corrected chi connectivity index (χ1v) is 9.11. The SMILES string of the molecule is Cc1nnc2n1CCN(C1CN(Cc3ccc([C@H]4C[C@H]4C)o3)C1)C2. The molecule has 6 heteroatoms. The molecule has 2 aliphatic heterocycles. The highest BCUT2D eigenvalue weighted by atomic mass is 16.3. The van der Waals surface area contributed by atoms with E-state index in [0.717, 1.165) is 62.6 Å². The number of rotatable bonds is 4. The first-order valence-electron chi connectivity index (χ1n) is 9.11. The Bertz CT molecular complexity index is 744. The fourth-order valence-corrected chi connectivity index (χ4v) is 4.15. The molecule has 1 saturated heterocycles. The average molecular weight is 327 g/mol. The van der Waals surface area contributed by atoms with Crippen LogP contribution in [0.4, 0.5) is 0 Å². The van der Waals surface area contributed by atoms with Crippen LogP contribution in [0.2, 0.25) is 0 Å². The Hall–Kier alpha value is -1.66. The number of fused-ring (bicyclic) bond motifs is 1. The largest absolute Gasteiger partial charge is 0.464 e. The fraction of sp³-hybridized carbons (Fsp3) is 0.667. The predicted octanol–water partition coefficient (Wildman–Crippen LogP) is 2.00. The second-order valence-corrected chi connectivity index (χ2v) is 7.76. The number of aryl methyl sites for hydroxylation is 1. The van der Waals surface area contributed by atoms with Gasteiger partial charge >= 0.3 is 0 Å². The maximum atomic E-state index is 6.04. The molecule has 4 heterocycles. The Labute approximate surface area is 142 Å². The van der Waals surface area contributed by atoms with Crippen molar-refractivity contribution < 1.29 is 4.42 Å². The van der Waals surface area contributed by atoms with Gasteiger partial charge in [-0.1, -0.05) is 6.92 Å². The summed E-state index contributed by atoms with van der Waals surface area (Å²) < 4.78 is 8.28. The van der Waals surface area contributed by atoms with Gasteiger partial charge in [0.05, 0.1) is 13.1 Å². The Morgan fingerprint density at radius 3 is 2.83 bits per heavy atom. The maximum absolute atomic E-state index is 6.04. The Morgan fingerprint density at radius 2 is 2.04 bits per heavy atom. The molecular weight excluding hydrogens is 302 g/mol. The zero-order chi connectivity index (χ0) is 16.3. The zero-order valence-corrected chi connectivity index (χ0v) is 14.5. The number of nitrogens with zero attached hydrogens (tertiary/aromatic N) is 5. The Morgan fingerprint density at radius 1 is 1.21 bits per heavy atom. The standard InChI is InChI=1S/C18H25N5O/c1-12-7-16(12)17-4-3-15(24-17)10-21-8-14(9-21)22-5-6-23-13(2)19-20-18(23)11-22/h3-4,12,14,16H,5-11H2,1-2H3/t12-,16+/m1/s1. The van der Waals surface area contributed by atoms with Crippen molar-refractivity contribution in [2.75, 3.05) is 19.6 Å². The van der Waals surface area contributed by atoms with E-state index in [4.69, 9.17) is 4.42 Å². The van der Waals surface area contributed by atoms with Gasteiger partial charge in [0.25, 0.3) is 0 Å². The summed E-state index contributed by atoms with van der Waals surface area (Å²) in [5.74, 6) is 5.96. The lowest BCUT2D eigenvalue weighted by Crippen LogP contribution is -2.59. The molecule has 2 fully saturated rings. The summed E-state index contributed by atoms with van der Waals surface area (Å²) in [5.41, 5.74) is 0. The van der Waals surface area contributed by atoms with Crippen LogP contribution in [0.5, 0.6) is 0 Å². The summed E-state index contributed by atoms with van der Waals surface area (Å²) in [4.78, 5) is 5.04. The molecule has 2 atom stereocenters. The summed E-state index contributed by atoms with van der Waals surface area (Å²) in [7, 11) is 0. The second kappa shape index (κ2) is 5.43. The normalized spacial score (nSPS) is 27.9. The van der Waals surface area contributed by atoms with Crippen molar-refractivity contribution in [3.8, 4) is 0 Å². The molecule has 1 saturated carbocycles. The van der Waals surface area contributed by atoms with Crippen LogP contribution in [0.1, 0.15) is 42.4 Å². The molecule has 0 bridgehead atoms. The van der Waals surface area contributed by atoms with Gasteiger partial charge in [-0.2, -0.15) is 0 Å². The number of hydrogen-bond acceptors (Lipinski definition) is 5. The van der Waals surface area contributed by atoms with Gasteiger partial charge in [0.1, 0.15) is 23.2 Å². The van der Waals surface area contributed by atoms with Gasteiger partial charge in [-0.05, 0) is 31.4 Å². The maximum Gasteiger partial charge on any atom is 0.147 e. The van der Waals surface area contributed by atoms with Crippen LogP contribution in [0.25, 0.3) is 0 Å². The smallest absolute Gasteiger partial charge is 0.147 e. The van der Waals surface area contributed by atoms with E-state index in [-0.39, 0.29) is 0 Å². The summed E-state index contributed by atoms with van der Waals surface area (Å²) in [6, 6.07) is 4.99. The van der Waals surface area contributed by atoms with E-state index < -0.39 is 0 Å². The molecule has 0 unspecified atom stereocenters. The van der Waals surface area contributed by atoms with Crippen LogP contribution in [0.15, 0.2) is 16.5 Å². The quantitative estimate of drug-likeness (QED) is 0.860. The molecule has 0 amide bonds. The third-order valence-corrected chi connectivity index (χ3v) is 5.96. The molecule has 5 rings (SSSR count). The van der Waals surface area contributed by atoms with E-state index in [0.29, 0.717) is 12.0 Å². The highest BCUT2D eigenvalue weighted by Crippen LogP contribution is 2.47. The molecule has 1 aliphatic carbocycles. The highest BCUT2D eigenvalue weighted by molar-refractivity contribution is 5.18. The summed E-state index contributed by atoms with van der Waals surface area (Å²) in [6.07, 6.45) is 1.29. The number of aromatic nitrogens is 3. The van der Waals surface area contributed by atoms with Gasteiger partial charge in [0.15, 0.2) is 0 Å². The predicted molar refractivity (Wildman–Crippen MR) is 89.5 cm³/mol. The second-order valence-electron chi connectivity index (χ2n) is 7.76. The molecule has 0 aromatic carbocycles. The van der Waals surface area contributed by atoms with Gasteiger partial charge < -0.3 is 8.98 Å². The first kappa shape index (κ1) is 14.7. The molecule has 0 radical (unpaired) electrons. The third-order valence-electron chi connectivity index (χ3n) is 5.96. The molecule has 6 nitrogen and oxygen atoms in total. The van der Waals surface area contributed by atoms with Crippen molar-refractivity contribution in [3.63, 3.8) is 0 Å². The lowest BCUT2D eigenvalue weighted by Gasteiger charge is -2.46. The molecule has 3 aliphatic rings. The van der Waals surface area contributed by atoms with E-state index in [1.165, 1.54) is 12.2 Å². The molecule has 2 aromatic heterocycles. The minimum Gasteiger partial charge on any atom is -0.464 e. The number of hydrogen-bond donors (Lipinski definition) is 0. The van der Waals surface area contributed by atoms with Crippen LogP contribution in [-0.4, -0.2) is 50.2 Å². The molecule has 2 aromatic rings. The molecule has 128 valence electrons. The Balaban J connectivity index is 1.14. The monoisotopic (exact) mass is 327 g/mol. The van der Waals surface area contributed by atoms with E-state index in [1.807, 2.05) is 6.92 Å². The van der Waals surface area contributed by atoms with Crippen molar-refractivity contribution in [3.05, 3.63) is 35.3 Å². The summed E-state index contributed by atoms with van der Waals surface area (Å²) >= 11 is 0. The van der Waals surface area contributed by atoms with Crippen LogP contribution < -0.4 is 0 Å². The topological polar surface area (TPSA) is 50.3 Å². The summed E-state index contributed by atoms with van der Waals surface area (Å²) in [5, 5.41) is 8.51. The van der Waals surface area contributed by atoms with E-state index in [2.05, 4.69) is 43.6 Å². The van der Waals surface area contributed by atoms with Gasteiger partial charge in [-0.3, -0.25) is 9.80 Å². The van der Waals surface area contributed by atoms with Crippen LogP contribution in [0, 0.1) is 12.8 Å². The highest BCUT2D eigenvalue weighted by Gasteiger charge is 2.37. The molecule has 0 N–H and O–H groups in total. The van der Waals surface area contributed by atoms with Crippen LogP contribution in [-0.2, 0) is 19.6 Å². The summed E-state index contributed by atoms with van der Waals surface area (Å²) in [6.45, 7) is 10.6. The third kappa shape index (κ3) is 2.48. The minimum atomic E-state index is 0.647. The van der Waals surface area contributed by atoms with Crippen LogP contribution >= 0.6 is 0 Å². The van der Waals surface area contributed by atoms with E-state index in [1.54, 1.807) is 0 Å². The number of likely N-dealkylation sites (tertiary alicyclic amines) is 1.